The van der Waals surface area contributed by atoms with Gasteiger partial charge in [0.25, 0.3) is 5.91 Å². The van der Waals surface area contributed by atoms with Crippen LogP contribution >= 0.6 is 11.6 Å². The van der Waals surface area contributed by atoms with Gasteiger partial charge in [0.1, 0.15) is 11.9 Å². The van der Waals surface area contributed by atoms with Crippen molar-refractivity contribution in [3.05, 3.63) is 64.0 Å². The minimum absolute atomic E-state index is 0.0219. The number of hydrogen-bond donors (Lipinski definition) is 1. The Hall–Kier alpha value is -4.92. The Kier molecular flexibility index (Phi) is 8.66. The molecule has 13 nitrogen and oxygen atoms in total. The molecular weight excluding hydrogens is 654 g/mol. The van der Waals surface area contributed by atoms with Gasteiger partial charge in [0.15, 0.2) is 5.75 Å². The molecule has 0 spiro atoms. The molecule has 3 aromatic rings. The second-order valence-corrected chi connectivity index (χ2v) is 12.6. The summed E-state index contributed by atoms with van der Waals surface area (Å²) in [7, 11) is 1.41. The first kappa shape index (κ1) is 33.0. The van der Waals surface area contributed by atoms with E-state index in [2.05, 4.69) is 26.6 Å². The van der Waals surface area contributed by atoms with E-state index in [9.17, 15) is 28.0 Å². The zero-order valence-electron chi connectivity index (χ0n) is 26.2. The van der Waals surface area contributed by atoms with E-state index >= 15 is 0 Å². The number of pyridine rings is 1. The highest BCUT2D eigenvalue weighted by atomic mass is 35.5. The Labute approximate surface area is 278 Å². The van der Waals surface area contributed by atoms with Gasteiger partial charge in [0.05, 0.1) is 46.9 Å². The second kappa shape index (κ2) is 12.6. The third-order valence-electron chi connectivity index (χ3n) is 8.34. The summed E-state index contributed by atoms with van der Waals surface area (Å²) in [5, 5.41) is 0.242. The number of halogens is 3. The van der Waals surface area contributed by atoms with Gasteiger partial charge < -0.3 is 24.8 Å². The molecule has 1 saturated heterocycles. The lowest BCUT2D eigenvalue weighted by Crippen LogP contribution is -2.50. The highest BCUT2D eigenvalue weighted by Gasteiger charge is 2.51. The van der Waals surface area contributed by atoms with Crippen LogP contribution in [0.1, 0.15) is 70.7 Å². The molecule has 1 atom stereocenters. The zero-order chi connectivity index (χ0) is 34.5. The number of rotatable bonds is 6. The van der Waals surface area contributed by atoms with Gasteiger partial charge in [-0.2, -0.15) is 8.78 Å². The number of aromatic nitrogens is 3. The van der Waals surface area contributed by atoms with Gasteiger partial charge >= 0.3 is 24.1 Å². The van der Waals surface area contributed by atoms with Gasteiger partial charge in [0.2, 0.25) is 0 Å². The molecule has 3 amide bonds. The number of carbonyl (C=O) groups excluding carboxylic acids is 4. The molecule has 48 heavy (non-hydrogen) atoms. The molecule has 7 rings (SSSR count). The van der Waals surface area contributed by atoms with Gasteiger partial charge in [-0.25, -0.2) is 19.6 Å². The minimum atomic E-state index is -4.20. The third kappa shape index (κ3) is 6.33. The SMILES string of the molecule is CC1OC(=O)c2c1nc(CC1CC1)c(C(N)=O)c2-c1ccc2c(c1)OC(F)(F)C(=O)N2Cc1ncc(Cl)cn1.COC(=O)N1CC(C)C1. The summed E-state index contributed by atoms with van der Waals surface area (Å²) in [5.74, 6) is -2.42. The molecule has 1 aromatic carbocycles. The van der Waals surface area contributed by atoms with Crippen LogP contribution in [0.5, 0.6) is 5.75 Å². The van der Waals surface area contributed by atoms with Gasteiger partial charge in [-0.3, -0.25) is 19.5 Å². The molecule has 2 aromatic heterocycles. The maximum Gasteiger partial charge on any atom is 0.482 e. The summed E-state index contributed by atoms with van der Waals surface area (Å²) < 4.78 is 44.2. The normalized spacial score (nSPS) is 19.2. The van der Waals surface area contributed by atoms with Crippen molar-refractivity contribution in [2.24, 2.45) is 17.6 Å². The van der Waals surface area contributed by atoms with E-state index in [0.29, 0.717) is 29.6 Å². The molecule has 1 saturated carbocycles. The van der Waals surface area contributed by atoms with Gasteiger partial charge in [-0.05, 0) is 55.7 Å². The molecular formula is C32H31ClF2N6O7. The van der Waals surface area contributed by atoms with E-state index in [1.165, 1.54) is 37.7 Å². The second-order valence-electron chi connectivity index (χ2n) is 12.1. The Bertz CT molecular complexity index is 1820. The number of fused-ring (bicyclic) bond motifs is 2. The summed E-state index contributed by atoms with van der Waals surface area (Å²) in [6.45, 7) is 5.09. The lowest BCUT2D eigenvalue weighted by molar-refractivity contribution is -0.193. The fourth-order valence-corrected chi connectivity index (χ4v) is 5.94. The largest absolute Gasteiger partial charge is 0.482 e. The summed E-state index contributed by atoms with van der Waals surface area (Å²) in [4.78, 5) is 63.9. The number of alkyl halides is 2. The van der Waals surface area contributed by atoms with Gasteiger partial charge in [-0.1, -0.05) is 24.6 Å². The predicted octanol–water partition coefficient (Wildman–Crippen LogP) is 4.70. The highest BCUT2D eigenvalue weighted by Crippen LogP contribution is 2.46. The number of nitrogens with two attached hydrogens (primary N) is 1. The molecule has 2 fully saturated rings. The average Bonchev–Trinajstić information content (AvgIpc) is 3.80. The van der Waals surface area contributed by atoms with Crippen molar-refractivity contribution in [1.82, 2.24) is 19.9 Å². The Morgan fingerprint density at radius 3 is 2.42 bits per heavy atom. The van der Waals surface area contributed by atoms with Gasteiger partial charge in [-0.15, -0.1) is 0 Å². The number of amides is 3. The quantitative estimate of drug-likeness (QED) is 0.360. The van der Waals surface area contributed by atoms with Crippen molar-refractivity contribution in [3.63, 3.8) is 0 Å². The number of nitrogens with zero attached hydrogens (tertiary/aromatic N) is 5. The summed E-state index contributed by atoms with van der Waals surface area (Å²) in [6, 6.07) is 4.12. The topological polar surface area (TPSA) is 167 Å². The maximum atomic E-state index is 14.7. The molecule has 3 aliphatic heterocycles. The van der Waals surface area contributed by atoms with Crippen molar-refractivity contribution in [3.8, 4) is 16.9 Å². The van der Waals surface area contributed by atoms with Crippen LogP contribution in [0.4, 0.5) is 19.3 Å². The molecule has 2 N–H and O–H groups in total. The first-order chi connectivity index (χ1) is 22.8. The molecule has 1 unspecified atom stereocenters. The highest BCUT2D eigenvalue weighted by molar-refractivity contribution is 6.30. The Morgan fingerprint density at radius 1 is 1.12 bits per heavy atom. The lowest BCUT2D eigenvalue weighted by Gasteiger charge is -2.35. The number of primary amides is 1. The smallest absolute Gasteiger partial charge is 0.453 e. The number of hydrogen-bond acceptors (Lipinski definition) is 10. The van der Waals surface area contributed by atoms with Crippen LogP contribution < -0.4 is 15.4 Å². The number of esters is 1. The molecule has 1 aliphatic carbocycles. The van der Waals surface area contributed by atoms with Crippen molar-refractivity contribution in [2.45, 2.75) is 51.9 Å². The van der Waals surface area contributed by atoms with E-state index in [1.807, 2.05) is 0 Å². The average molecular weight is 685 g/mol. The number of carbonyl (C=O) groups is 4. The van der Waals surface area contributed by atoms with E-state index in [1.54, 1.807) is 11.8 Å². The predicted molar refractivity (Wildman–Crippen MR) is 165 cm³/mol. The maximum absolute atomic E-state index is 14.7. The first-order valence-corrected chi connectivity index (χ1v) is 15.5. The number of benzene rings is 1. The van der Waals surface area contributed by atoms with Gasteiger partial charge in [0, 0.05) is 31.0 Å². The lowest BCUT2D eigenvalue weighted by atomic mass is 9.90. The number of methoxy groups -OCH3 is 1. The molecule has 0 radical (unpaired) electrons. The Morgan fingerprint density at radius 2 is 1.81 bits per heavy atom. The fraction of sp³-hybridized carbons (Fsp3) is 0.406. The van der Waals surface area contributed by atoms with Crippen LogP contribution in [-0.4, -0.2) is 70.0 Å². The number of ether oxygens (including phenoxy) is 3. The number of likely N-dealkylation sites (tertiary alicyclic amines) is 1. The minimum Gasteiger partial charge on any atom is -0.453 e. The number of anilines is 1. The van der Waals surface area contributed by atoms with Crippen molar-refractivity contribution < 1.29 is 42.2 Å². The van der Waals surface area contributed by atoms with E-state index in [-0.39, 0.29) is 57.2 Å². The fourth-order valence-electron chi connectivity index (χ4n) is 5.85. The first-order valence-electron chi connectivity index (χ1n) is 15.2. The van der Waals surface area contributed by atoms with Crippen molar-refractivity contribution in [2.75, 3.05) is 25.1 Å². The summed E-state index contributed by atoms with van der Waals surface area (Å²) in [5.41, 5.74) is 6.98. The number of cyclic esters (lactones) is 1. The van der Waals surface area contributed by atoms with Crippen LogP contribution in [0.15, 0.2) is 30.6 Å². The zero-order valence-corrected chi connectivity index (χ0v) is 26.9. The van der Waals surface area contributed by atoms with Crippen LogP contribution in [0.3, 0.4) is 0 Å². The molecule has 4 aliphatic rings. The monoisotopic (exact) mass is 684 g/mol. The van der Waals surface area contributed by atoms with E-state index in [0.717, 1.165) is 30.8 Å². The third-order valence-corrected chi connectivity index (χ3v) is 8.54. The molecule has 5 heterocycles. The molecule has 252 valence electrons. The van der Waals surface area contributed by atoms with E-state index < -0.39 is 30.0 Å². The van der Waals surface area contributed by atoms with E-state index in [4.69, 9.17) is 26.8 Å². The van der Waals surface area contributed by atoms with Crippen LogP contribution in [0.2, 0.25) is 5.02 Å². The summed E-state index contributed by atoms with van der Waals surface area (Å²) in [6.07, 6.45) is -0.0833. The van der Waals surface area contributed by atoms with Crippen molar-refractivity contribution >= 4 is 41.2 Å². The Balaban J connectivity index is 0.000000388. The molecule has 0 bridgehead atoms. The standard InChI is InChI=1S/C26H20ClF2N5O5.C6H11NO2/c1-11-22-21(24(36)38-11)19(20(23(30)35)15(33-22)6-12-2-3-12)13-4-5-16-17(7-13)39-26(28,29)25(37)34(16)10-18-31-8-14(27)9-32-18;1-5-3-7(4-5)6(8)9-2/h4-5,7-9,11-12H,2-3,6,10H2,1H3,(H2,30,35);5H,3-4H2,1-2H3. The van der Waals surface area contributed by atoms with Crippen LogP contribution in [0.25, 0.3) is 11.1 Å². The van der Waals surface area contributed by atoms with Crippen molar-refractivity contribution in [1.29, 1.82) is 0 Å². The summed E-state index contributed by atoms with van der Waals surface area (Å²) >= 11 is 5.81. The molecule has 16 heteroatoms. The van der Waals surface area contributed by atoms with Crippen LogP contribution in [-0.2, 0) is 27.2 Å². The van der Waals surface area contributed by atoms with Crippen LogP contribution in [0, 0.1) is 11.8 Å².